The molecular weight excluding hydrogens is 272 g/mol. The molecule has 1 aromatic carbocycles. The van der Waals surface area contributed by atoms with Crippen molar-refractivity contribution in [3.63, 3.8) is 0 Å². The fraction of sp³-hybridized carbons (Fsp3) is 0.200. The molecule has 100 valence electrons. The van der Waals surface area contributed by atoms with Crippen molar-refractivity contribution in [2.75, 3.05) is 0 Å². The van der Waals surface area contributed by atoms with Crippen molar-refractivity contribution in [2.45, 2.75) is 10.6 Å². The number of hydrogen-bond acceptors (Lipinski definition) is 6. The fourth-order valence-corrected chi connectivity index (χ4v) is 2.67. The lowest BCUT2D eigenvalue weighted by Crippen LogP contribution is -2.08. The molecule has 1 N–H and O–H groups in total. The molecule has 1 aromatic heterocycles. The Bertz CT molecular complexity index is 723. The van der Waals surface area contributed by atoms with Crippen LogP contribution >= 0.6 is 0 Å². The van der Waals surface area contributed by atoms with E-state index in [0.29, 0.717) is 0 Å². The van der Waals surface area contributed by atoms with Crippen LogP contribution in [0.5, 0.6) is 0 Å². The van der Waals surface area contributed by atoms with E-state index in [4.69, 9.17) is 5.11 Å². The van der Waals surface area contributed by atoms with Gasteiger partial charge in [-0.2, -0.15) is 4.80 Å². The molecule has 0 bridgehead atoms. The number of benzene rings is 1. The Kier molecular flexibility index (Phi) is 3.30. The van der Waals surface area contributed by atoms with Gasteiger partial charge in [-0.1, -0.05) is 6.07 Å². The first kappa shape index (κ1) is 13.1. The molecule has 8 nitrogen and oxygen atoms in total. The van der Waals surface area contributed by atoms with Gasteiger partial charge in [0.05, 0.1) is 17.5 Å². The summed E-state index contributed by atoms with van der Waals surface area (Å²) in [6.07, 6.45) is 0. The average Bonchev–Trinajstić information content (AvgIpc) is 2.74. The standard InChI is InChI=1S/C10H10N4O4S/c1-14-12-9(11-13-14)6-19(17,18)8-4-2-3-7(5-8)10(15)16/h2-5H,6H2,1H3,(H,15,16). The van der Waals surface area contributed by atoms with Crippen LogP contribution in [0.2, 0.25) is 0 Å². The SMILES string of the molecule is Cn1nnc(CS(=O)(=O)c2cccc(C(=O)O)c2)n1. The molecule has 0 atom stereocenters. The number of aromatic nitrogens is 4. The minimum Gasteiger partial charge on any atom is -0.478 e. The monoisotopic (exact) mass is 282 g/mol. The number of sulfone groups is 1. The molecule has 0 radical (unpaired) electrons. The summed E-state index contributed by atoms with van der Waals surface area (Å²) >= 11 is 0. The van der Waals surface area contributed by atoms with Gasteiger partial charge in [0.15, 0.2) is 15.7 Å². The molecule has 1 heterocycles. The molecule has 0 saturated carbocycles. The second kappa shape index (κ2) is 4.76. The zero-order valence-electron chi connectivity index (χ0n) is 9.89. The third-order valence-corrected chi connectivity index (χ3v) is 3.92. The van der Waals surface area contributed by atoms with Gasteiger partial charge in [0.1, 0.15) is 5.75 Å². The van der Waals surface area contributed by atoms with Crippen molar-refractivity contribution in [2.24, 2.45) is 7.05 Å². The van der Waals surface area contributed by atoms with Crippen molar-refractivity contribution in [3.05, 3.63) is 35.7 Å². The summed E-state index contributed by atoms with van der Waals surface area (Å²) in [5.41, 5.74) is -0.0896. The number of carboxylic acid groups (broad SMARTS) is 1. The second-order valence-corrected chi connectivity index (χ2v) is 5.78. The average molecular weight is 282 g/mol. The van der Waals surface area contributed by atoms with Crippen LogP contribution in [-0.4, -0.2) is 39.7 Å². The van der Waals surface area contributed by atoms with Gasteiger partial charge in [-0.3, -0.25) is 0 Å². The molecule has 0 aliphatic heterocycles. The molecule has 19 heavy (non-hydrogen) atoms. The van der Waals surface area contributed by atoms with Crippen LogP contribution in [-0.2, 0) is 22.6 Å². The molecule has 9 heteroatoms. The van der Waals surface area contributed by atoms with E-state index in [1.165, 1.54) is 25.2 Å². The Labute approximate surface area is 108 Å². The van der Waals surface area contributed by atoms with Crippen molar-refractivity contribution in [1.82, 2.24) is 20.2 Å². The van der Waals surface area contributed by atoms with E-state index in [1.807, 2.05) is 0 Å². The molecule has 0 aliphatic carbocycles. The molecule has 2 aromatic rings. The van der Waals surface area contributed by atoms with Crippen LogP contribution < -0.4 is 0 Å². The van der Waals surface area contributed by atoms with E-state index < -0.39 is 21.6 Å². The van der Waals surface area contributed by atoms with Crippen molar-refractivity contribution >= 4 is 15.8 Å². The summed E-state index contributed by atoms with van der Waals surface area (Å²) in [5, 5.41) is 19.7. The summed E-state index contributed by atoms with van der Waals surface area (Å²) in [6, 6.07) is 5.13. The number of tetrazole rings is 1. The maximum absolute atomic E-state index is 12.1. The van der Waals surface area contributed by atoms with Gasteiger partial charge in [0.2, 0.25) is 0 Å². The second-order valence-electron chi connectivity index (χ2n) is 3.79. The topological polar surface area (TPSA) is 115 Å². The Morgan fingerprint density at radius 1 is 1.42 bits per heavy atom. The fourth-order valence-electron chi connectivity index (χ4n) is 1.46. The highest BCUT2D eigenvalue weighted by molar-refractivity contribution is 7.90. The molecule has 0 spiro atoms. The number of carboxylic acids is 1. The normalized spacial score (nSPS) is 11.4. The number of aryl methyl sites for hydroxylation is 1. The summed E-state index contributed by atoms with van der Waals surface area (Å²) in [7, 11) is -2.18. The summed E-state index contributed by atoms with van der Waals surface area (Å²) in [4.78, 5) is 11.9. The lowest BCUT2D eigenvalue weighted by Gasteiger charge is -2.02. The van der Waals surface area contributed by atoms with Gasteiger partial charge in [-0.15, -0.1) is 10.2 Å². The van der Waals surface area contributed by atoms with Crippen LogP contribution in [0.3, 0.4) is 0 Å². The van der Waals surface area contributed by atoms with Crippen molar-refractivity contribution in [1.29, 1.82) is 0 Å². The van der Waals surface area contributed by atoms with Crippen LogP contribution in [0.15, 0.2) is 29.2 Å². The lowest BCUT2D eigenvalue weighted by molar-refractivity contribution is 0.0696. The van der Waals surface area contributed by atoms with Crippen molar-refractivity contribution in [3.8, 4) is 0 Å². The van der Waals surface area contributed by atoms with Crippen LogP contribution in [0, 0.1) is 0 Å². The van der Waals surface area contributed by atoms with Gasteiger partial charge < -0.3 is 5.11 Å². The van der Waals surface area contributed by atoms with E-state index in [2.05, 4.69) is 15.4 Å². The third-order valence-electron chi connectivity index (χ3n) is 2.31. The van der Waals surface area contributed by atoms with E-state index in [1.54, 1.807) is 0 Å². The number of nitrogens with zero attached hydrogens (tertiary/aromatic N) is 4. The smallest absolute Gasteiger partial charge is 0.335 e. The minimum absolute atomic E-state index is 0.0585. The first-order valence-electron chi connectivity index (χ1n) is 5.17. The third kappa shape index (κ3) is 2.94. The Balaban J connectivity index is 2.34. The lowest BCUT2D eigenvalue weighted by atomic mass is 10.2. The first-order chi connectivity index (χ1) is 8.88. The largest absolute Gasteiger partial charge is 0.478 e. The van der Waals surface area contributed by atoms with E-state index in [0.717, 1.165) is 10.9 Å². The highest BCUT2D eigenvalue weighted by Crippen LogP contribution is 2.16. The molecule has 0 fully saturated rings. The predicted molar refractivity (Wildman–Crippen MR) is 63.1 cm³/mol. The maximum atomic E-state index is 12.1. The van der Waals surface area contributed by atoms with Crippen molar-refractivity contribution < 1.29 is 18.3 Å². The number of hydrogen-bond donors (Lipinski definition) is 1. The summed E-state index contributed by atoms with van der Waals surface area (Å²) in [6.45, 7) is 0. The van der Waals surface area contributed by atoms with E-state index in [9.17, 15) is 13.2 Å². The summed E-state index contributed by atoms with van der Waals surface area (Å²) in [5.74, 6) is -1.55. The molecule has 0 unspecified atom stereocenters. The number of aromatic carboxylic acids is 1. The van der Waals surface area contributed by atoms with Crippen LogP contribution in [0.1, 0.15) is 16.2 Å². The van der Waals surface area contributed by atoms with Gasteiger partial charge in [-0.25, -0.2) is 13.2 Å². The molecule has 0 aliphatic rings. The highest BCUT2D eigenvalue weighted by Gasteiger charge is 2.19. The van der Waals surface area contributed by atoms with Gasteiger partial charge in [0.25, 0.3) is 0 Å². The Morgan fingerprint density at radius 3 is 2.74 bits per heavy atom. The molecular formula is C10H10N4O4S. The van der Waals surface area contributed by atoms with Gasteiger partial charge >= 0.3 is 5.97 Å². The zero-order valence-corrected chi connectivity index (χ0v) is 10.7. The molecule has 0 amide bonds. The number of rotatable bonds is 4. The molecule has 2 rings (SSSR count). The van der Waals surface area contributed by atoms with E-state index in [-0.39, 0.29) is 16.3 Å². The number of carbonyl (C=O) groups is 1. The highest BCUT2D eigenvalue weighted by atomic mass is 32.2. The minimum atomic E-state index is -3.70. The maximum Gasteiger partial charge on any atom is 0.335 e. The quantitative estimate of drug-likeness (QED) is 0.831. The Morgan fingerprint density at radius 2 is 2.16 bits per heavy atom. The van der Waals surface area contributed by atoms with E-state index >= 15 is 0 Å². The van der Waals surface area contributed by atoms with Gasteiger partial charge in [0, 0.05) is 0 Å². The summed E-state index contributed by atoms with van der Waals surface area (Å²) < 4.78 is 24.2. The Hall–Kier alpha value is -2.29. The van der Waals surface area contributed by atoms with Gasteiger partial charge in [-0.05, 0) is 23.4 Å². The zero-order chi connectivity index (χ0) is 14.0. The van der Waals surface area contributed by atoms with Crippen LogP contribution in [0.25, 0.3) is 0 Å². The first-order valence-corrected chi connectivity index (χ1v) is 6.83. The predicted octanol–water partition coefficient (Wildman–Crippen LogP) is -0.118. The van der Waals surface area contributed by atoms with Crippen LogP contribution in [0.4, 0.5) is 0 Å². The molecule has 0 saturated heterocycles.